The summed E-state index contributed by atoms with van der Waals surface area (Å²) in [5.74, 6) is -2.09. The Morgan fingerprint density at radius 1 is 1.29 bits per heavy atom. The molecule has 0 aliphatic heterocycles. The van der Waals surface area contributed by atoms with E-state index in [2.05, 4.69) is 10.1 Å². The number of carbonyl (C=O) groups excluding carboxylic acids is 3. The number of ether oxygens (including phenoxy) is 2. The van der Waals surface area contributed by atoms with Crippen molar-refractivity contribution in [3.05, 3.63) is 16.5 Å². The molecule has 0 aliphatic rings. The number of rotatable bonds is 6. The number of aryl methyl sites for hydroxylation is 1. The van der Waals surface area contributed by atoms with E-state index < -0.39 is 23.9 Å². The molecule has 1 amide bonds. The predicted octanol–water partition coefficient (Wildman–Crippen LogP) is 1.06. The van der Waals surface area contributed by atoms with E-state index in [1.165, 1.54) is 11.3 Å². The highest BCUT2D eigenvalue weighted by Gasteiger charge is 2.26. The Balaban J connectivity index is 2.85. The quantitative estimate of drug-likeness (QED) is 0.600. The smallest absolute Gasteiger partial charge is 0.341 e. The van der Waals surface area contributed by atoms with E-state index in [0.717, 1.165) is 4.88 Å². The molecule has 0 bridgehead atoms. The minimum absolute atomic E-state index is 0.131. The van der Waals surface area contributed by atoms with Gasteiger partial charge in [0.1, 0.15) is 5.00 Å². The summed E-state index contributed by atoms with van der Waals surface area (Å²) < 4.78 is 9.57. The summed E-state index contributed by atoms with van der Waals surface area (Å²) in [6.07, 6.45) is 0. The normalized spacial score (nSPS) is 11.6. The number of esters is 2. The third-order valence-corrected chi connectivity index (χ3v) is 3.38. The first-order valence-electron chi connectivity index (χ1n) is 6.41. The molecule has 1 atom stereocenters. The number of carbonyl (C=O) groups is 3. The molecule has 0 saturated heterocycles. The lowest BCUT2D eigenvalue weighted by molar-refractivity contribution is -0.146. The second-order valence-corrected chi connectivity index (χ2v) is 5.30. The Morgan fingerprint density at radius 2 is 1.90 bits per heavy atom. The number of amides is 1. The summed E-state index contributed by atoms with van der Waals surface area (Å²) in [7, 11) is 0. The molecule has 1 aromatic heterocycles. The maximum atomic E-state index is 11.9. The Labute approximate surface area is 126 Å². The van der Waals surface area contributed by atoms with Crippen molar-refractivity contribution in [1.82, 2.24) is 0 Å². The first-order valence-corrected chi connectivity index (χ1v) is 7.22. The first-order chi connectivity index (χ1) is 9.90. The fourth-order valence-electron chi connectivity index (χ4n) is 1.50. The zero-order valence-corrected chi connectivity index (χ0v) is 12.9. The van der Waals surface area contributed by atoms with Gasteiger partial charge in [-0.05, 0) is 26.8 Å². The van der Waals surface area contributed by atoms with Gasteiger partial charge in [0.05, 0.1) is 18.8 Å². The lowest BCUT2D eigenvalue weighted by atomic mass is 10.2. The average Bonchev–Trinajstić information content (AvgIpc) is 2.79. The van der Waals surface area contributed by atoms with Crippen LogP contribution < -0.4 is 11.1 Å². The molecule has 8 heteroatoms. The standard InChI is InChI=1S/C13H18N2O5S/c1-4-19-12(17)8-6-7(3)21-11(8)15-10(16)9(14)13(18)20-5-2/h6,9H,4-5,14H2,1-3H3,(H,15,16). The Morgan fingerprint density at radius 3 is 2.48 bits per heavy atom. The molecule has 116 valence electrons. The van der Waals surface area contributed by atoms with Crippen LogP contribution in [0.1, 0.15) is 29.1 Å². The fourth-order valence-corrected chi connectivity index (χ4v) is 2.40. The molecule has 21 heavy (non-hydrogen) atoms. The van der Waals surface area contributed by atoms with Gasteiger partial charge in [0.25, 0.3) is 5.91 Å². The molecule has 1 heterocycles. The second-order valence-electron chi connectivity index (χ2n) is 4.04. The average molecular weight is 314 g/mol. The van der Waals surface area contributed by atoms with Gasteiger partial charge in [0.15, 0.2) is 6.04 Å². The number of anilines is 1. The highest BCUT2D eigenvalue weighted by atomic mass is 32.1. The molecule has 0 aliphatic carbocycles. The number of hydrogen-bond acceptors (Lipinski definition) is 7. The molecule has 0 saturated carbocycles. The van der Waals surface area contributed by atoms with Crippen molar-refractivity contribution in [3.63, 3.8) is 0 Å². The van der Waals surface area contributed by atoms with Gasteiger partial charge >= 0.3 is 11.9 Å². The zero-order chi connectivity index (χ0) is 16.0. The van der Waals surface area contributed by atoms with Crippen LogP contribution in [0.4, 0.5) is 5.00 Å². The van der Waals surface area contributed by atoms with Gasteiger partial charge in [-0.2, -0.15) is 0 Å². The van der Waals surface area contributed by atoms with Crippen molar-refractivity contribution in [1.29, 1.82) is 0 Å². The number of nitrogens with two attached hydrogens (primary N) is 1. The highest BCUT2D eigenvalue weighted by molar-refractivity contribution is 7.16. The van der Waals surface area contributed by atoms with Crippen LogP contribution in [0.25, 0.3) is 0 Å². The molecule has 7 nitrogen and oxygen atoms in total. The summed E-state index contributed by atoms with van der Waals surface area (Å²) in [5.41, 5.74) is 5.73. The summed E-state index contributed by atoms with van der Waals surface area (Å²) in [4.78, 5) is 35.9. The van der Waals surface area contributed by atoms with E-state index in [9.17, 15) is 14.4 Å². The van der Waals surface area contributed by atoms with Crippen molar-refractivity contribution in [3.8, 4) is 0 Å². The van der Waals surface area contributed by atoms with Gasteiger partial charge in [-0.1, -0.05) is 0 Å². The van der Waals surface area contributed by atoms with E-state index >= 15 is 0 Å². The largest absolute Gasteiger partial charge is 0.464 e. The molecule has 0 radical (unpaired) electrons. The lowest BCUT2D eigenvalue weighted by Crippen LogP contribution is -2.43. The number of nitrogens with one attached hydrogen (secondary N) is 1. The Bertz CT molecular complexity index is 541. The van der Waals surface area contributed by atoms with E-state index in [1.54, 1.807) is 26.8 Å². The van der Waals surface area contributed by atoms with Gasteiger partial charge in [-0.3, -0.25) is 4.79 Å². The van der Waals surface area contributed by atoms with Gasteiger partial charge < -0.3 is 20.5 Å². The molecule has 0 spiro atoms. The van der Waals surface area contributed by atoms with Gasteiger partial charge in [0.2, 0.25) is 0 Å². The monoisotopic (exact) mass is 314 g/mol. The van der Waals surface area contributed by atoms with Gasteiger partial charge in [-0.15, -0.1) is 11.3 Å². The SMILES string of the molecule is CCOC(=O)c1cc(C)sc1NC(=O)C(N)C(=O)OCC. The second kappa shape index (κ2) is 7.75. The van der Waals surface area contributed by atoms with Crippen LogP contribution in [-0.2, 0) is 19.1 Å². The van der Waals surface area contributed by atoms with Crippen molar-refractivity contribution in [2.75, 3.05) is 18.5 Å². The molecule has 1 unspecified atom stereocenters. The van der Waals surface area contributed by atoms with Crippen LogP contribution in [0.2, 0.25) is 0 Å². The van der Waals surface area contributed by atoms with Crippen LogP contribution in [0.3, 0.4) is 0 Å². The molecular formula is C13H18N2O5S. The molecule has 1 rings (SSSR count). The van der Waals surface area contributed by atoms with Crippen molar-refractivity contribution >= 4 is 34.2 Å². The molecule has 0 aromatic carbocycles. The Kier molecular flexibility index (Phi) is 6.32. The maximum Gasteiger partial charge on any atom is 0.341 e. The van der Waals surface area contributed by atoms with Crippen LogP contribution in [0.15, 0.2) is 6.07 Å². The highest BCUT2D eigenvalue weighted by Crippen LogP contribution is 2.28. The molecular weight excluding hydrogens is 296 g/mol. The van der Waals surface area contributed by atoms with E-state index in [-0.39, 0.29) is 18.8 Å². The van der Waals surface area contributed by atoms with E-state index in [1.807, 2.05) is 0 Å². The number of hydrogen-bond donors (Lipinski definition) is 2. The topological polar surface area (TPSA) is 108 Å². The minimum atomic E-state index is -1.44. The Hall–Kier alpha value is -1.93. The van der Waals surface area contributed by atoms with Crippen LogP contribution >= 0.6 is 11.3 Å². The third kappa shape index (κ3) is 4.54. The van der Waals surface area contributed by atoms with Crippen LogP contribution in [0, 0.1) is 6.92 Å². The number of thiophene rings is 1. The summed E-state index contributed by atoms with van der Waals surface area (Å²) in [6.45, 7) is 5.44. The summed E-state index contributed by atoms with van der Waals surface area (Å²) in [5, 5.41) is 2.76. The molecule has 0 fully saturated rings. The first kappa shape index (κ1) is 17.1. The zero-order valence-electron chi connectivity index (χ0n) is 12.1. The van der Waals surface area contributed by atoms with Crippen molar-refractivity contribution in [2.24, 2.45) is 5.73 Å². The maximum absolute atomic E-state index is 11.9. The van der Waals surface area contributed by atoms with Crippen LogP contribution in [0.5, 0.6) is 0 Å². The predicted molar refractivity (Wildman–Crippen MR) is 78.3 cm³/mol. The summed E-state index contributed by atoms with van der Waals surface area (Å²) in [6, 6.07) is 0.163. The summed E-state index contributed by atoms with van der Waals surface area (Å²) >= 11 is 1.20. The minimum Gasteiger partial charge on any atom is -0.464 e. The fraction of sp³-hybridized carbons (Fsp3) is 0.462. The molecule has 3 N–H and O–H groups in total. The van der Waals surface area contributed by atoms with Crippen molar-refractivity contribution in [2.45, 2.75) is 26.8 Å². The lowest BCUT2D eigenvalue weighted by Gasteiger charge is -2.11. The van der Waals surface area contributed by atoms with E-state index in [0.29, 0.717) is 5.00 Å². The van der Waals surface area contributed by atoms with Crippen molar-refractivity contribution < 1.29 is 23.9 Å². The van der Waals surface area contributed by atoms with Gasteiger partial charge in [0, 0.05) is 4.88 Å². The van der Waals surface area contributed by atoms with Crippen LogP contribution in [-0.4, -0.2) is 37.1 Å². The van der Waals surface area contributed by atoms with E-state index in [4.69, 9.17) is 10.5 Å². The third-order valence-electron chi connectivity index (χ3n) is 2.41. The van der Waals surface area contributed by atoms with Gasteiger partial charge in [-0.25, -0.2) is 9.59 Å². The molecule has 1 aromatic rings.